The Labute approximate surface area is 213 Å². The number of anilines is 2. The molecule has 0 spiro atoms. The summed E-state index contributed by atoms with van der Waals surface area (Å²) in [5, 5.41) is 2.77. The highest BCUT2D eigenvalue weighted by atomic mass is 32.2. The van der Waals surface area contributed by atoms with Crippen LogP contribution in [-0.4, -0.2) is 32.0 Å². The summed E-state index contributed by atoms with van der Waals surface area (Å²) in [6.45, 7) is 6.23. The van der Waals surface area contributed by atoms with Crippen LogP contribution in [0.4, 0.5) is 11.4 Å². The minimum absolute atomic E-state index is 0.0677. The summed E-state index contributed by atoms with van der Waals surface area (Å²) in [6.07, 6.45) is 0. The number of benzene rings is 3. The Morgan fingerprint density at radius 3 is 2.36 bits per heavy atom. The van der Waals surface area contributed by atoms with E-state index in [4.69, 9.17) is 4.74 Å². The number of hydrogen-bond acceptors (Lipinski definition) is 6. The SMILES string of the molecule is CCOc1ccc(N(CC(=O)Nc2ccc3c(c2)sc(=O)n3CC)S(=O)(=O)c2ccc(C)cc2)cc1. The van der Waals surface area contributed by atoms with E-state index in [-0.39, 0.29) is 9.77 Å². The van der Waals surface area contributed by atoms with Gasteiger partial charge in [0.25, 0.3) is 10.0 Å². The normalized spacial score (nSPS) is 11.4. The van der Waals surface area contributed by atoms with Crippen LogP contribution in [0.25, 0.3) is 10.2 Å². The molecule has 36 heavy (non-hydrogen) atoms. The number of sulfonamides is 1. The number of aryl methyl sites for hydroxylation is 2. The lowest BCUT2D eigenvalue weighted by molar-refractivity contribution is -0.114. The van der Waals surface area contributed by atoms with E-state index in [1.165, 1.54) is 12.1 Å². The van der Waals surface area contributed by atoms with E-state index in [9.17, 15) is 18.0 Å². The fraction of sp³-hybridized carbons (Fsp3) is 0.231. The van der Waals surface area contributed by atoms with Gasteiger partial charge >= 0.3 is 4.87 Å². The number of ether oxygens (including phenoxy) is 1. The molecule has 0 aliphatic rings. The maximum Gasteiger partial charge on any atom is 0.308 e. The summed E-state index contributed by atoms with van der Waals surface area (Å²) in [4.78, 5) is 25.2. The smallest absolute Gasteiger partial charge is 0.308 e. The van der Waals surface area contributed by atoms with E-state index in [0.717, 1.165) is 31.4 Å². The number of nitrogens with one attached hydrogen (secondary N) is 1. The van der Waals surface area contributed by atoms with Crippen LogP contribution in [-0.2, 0) is 21.4 Å². The van der Waals surface area contributed by atoms with Crippen LogP contribution in [0.15, 0.2) is 76.4 Å². The zero-order chi connectivity index (χ0) is 25.9. The van der Waals surface area contributed by atoms with Gasteiger partial charge in [0.1, 0.15) is 12.3 Å². The second kappa shape index (κ2) is 10.5. The molecule has 1 heterocycles. The van der Waals surface area contributed by atoms with Crippen molar-refractivity contribution in [2.24, 2.45) is 0 Å². The number of thiazole rings is 1. The third-order valence-electron chi connectivity index (χ3n) is 5.60. The van der Waals surface area contributed by atoms with Crippen molar-refractivity contribution in [2.75, 3.05) is 22.8 Å². The van der Waals surface area contributed by atoms with Gasteiger partial charge in [-0.25, -0.2) is 8.42 Å². The van der Waals surface area contributed by atoms with Gasteiger partial charge in [0.05, 0.1) is 27.4 Å². The Hall–Kier alpha value is -3.63. The maximum atomic E-state index is 13.6. The minimum Gasteiger partial charge on any atom is -0.494 e. The Morgan fingerprint density at radius 1 is 1.03 bits per heavy atom. The molecular formula is C26H27N3O5S2. The van der Waals surface area contributed by atoms with Crippen LogP contribution in [0, 0.1) is 6.92 Å². The molecule has 0 atom stereocenters. The van der Waals surface area contributed by atoms with Crippen molar-refractivity contribution in [3.05, 3.63) is 82.0 Å². The standard InChI is InChI=1S/C26H27N3O5S2/c1-4-28-23-15-8-19(16-24(23)35-26(28)31)27-25(30)17-29(20-9-11-21(12-10-20)34-5-2)36(32,33)22-13-6-18(3)7-14-22/h6-16H,4-5,17H2,1-3H3,(H,27,30). The average Bonchev–Trinajstić information content (AvgIpc) is 3.17. The van der Waals surface area contributed by atoms with E-state index in [2.05, 4.69) is 5.32 Å². The fourth-order valence-electron chi connectivity index (χ4n) is 3.80. The first-order valence-electron chi connectivity index (χ1n) is 11.5. The van der Waals surface area contributed by atoms with Gasteiger partial charge in [-0.3, -0.25) is 18.5 Å². The number of amides is 1. The second-order valence-electron chi connectivity index (χ2n) is 8.09. The predicted molar refractivity (Wildman–Crippen MR) is 144 cm³/mol. The largest absolute Gasteiger partial charge is 0.494 e. The zero-order valence-corrected chi connectivity index (χ0v) is 21.9. The van der Waals surface area contributed by atoms with Crippen LogP contribution < -0.4 is 19.2 Å². The summed E-state index contributed by atoms with van der Waals surface area (Å²) in [6, 6.07) is 18.2. The van der Waals surface area contributed by atoms with Gasteiger partial charge in [0.2, 0.25) is 5.91 Å². The monoisotopic (exact) mass is 525 g/mol. The highest BCUT2D eigenvalue weighted by molar-refractivity contribution is 7.92. The van der Waals surface area contributed by atoms with Gasteiger partial charge in [-0.15, -0.1) is 0 Å². The number of hydrogen-bond donors (Lipinski definition) is 1. The van der Waals surface area contributed by atoms with Crippen molar-refractivity contribution in [3.8, 4) is 5.75 Å². The molecule has 0 fully saturated rings. The molecule has 0 aliphatic heterocycles. The Balaban J connectivity index is 1.64. The molecular weight excluding hydrogens is 498 g/mol. The number of rotatable bonds is 9. The van der Waals surface area contributed by atoms with Gasteiger partial charge in [0.15, 0.2) is 0 Å². The topological polar surface area (TPSA) is 97.7 Å². The maximum absolute atomic E-state index is 13.6. The summed E-state index contributed by atoms with van der Waals surface area (Å²) >= 11 is 1.10. The molecule has 4 rings (SSSR count). The molecule has 3 aromatic carbocycles. The summed E-state index contributed by atoms with van der Waals surface area (Å²) in [5.74, 6) is 0.0888. The van der Waals surface area contributed by atoms with Crippen molar-refractivity contribution in [1.29, 1.82) is 0 Å². The quantitative estimate of drug-likeness (QED) is 0.344. The molecule has 188 valence electrons. The van der Waals surface area contributed by atoms with Crippen molar-refractivity contribution >= 4 is 48.9 Å². The number of fused-ring (bicyclic) bond motifs is 1. The number of aromatic nitrogens is 1. The molecule has 1 aromatic heterocycles. The average molecular weight is 526 g/mol. The van der Waals surface area contributed by atoms with Gasteiger partial charge in [0, 0.05) is 12.2 Å². The molecule has 10 heteroatoms. The lowest BCUT2D eigenvalue weighted by atomic mass is 10.2. The van der Waals surface area contributed by atoms with Crippen LogP contribution in [0.2, 0.25) is 0 Å². The van der Waals surface area contributed by atoms with E-state index < -0.39 is 22.5 Å². The van der Waals surface area contributed by atoms with E-state index in [1.807, 2.05) is 20.8 Å². The Bertz CT molecular complexity index is 1540. The van der Waals surface area contributed by atoms with Gasteiger partial charge in [-0.2, -0.15) is 0 Å². The third-order valence-corrected chi connectivity index (χ3v) is 8.33. The third kappa shape index (κ3) is 5.29. The first-order chi connectivity index (χ1) is 17.2. The van der Waals surface area contributed by atoms with Gasteiger partial charge < -0.3 is 10.1 Å². The van der Waals surface area contributed by atoms with Crippen LogP contribution in [0.5, 0.6) is 5.75 Å². The van der Waals surface area contributed by atoms with Gasteiger partial charge in [-0.1, -0.05) is 29.0 Å². The van der Waals surface area contributed by atoms with Crippen molar-refractivity contribution in [2.45, 2.75) is 32.2 Å². The second-order valence-corrected chi connectivity index (χ2v) is 11.0. The molecule has 0 saturated carbocycles. The molecule has 1 N–H and O–H groups in total. The molecule has 1 amide bonds. The van der Waals surface area contributed by atoms with E-state index in [1.54, 1.807) is 59.2 Å². The van der Waals surface area contributed by atoms with Gasteiger partial charge in [-0.05, 0) is 75.4 Å². The molecule has 0 radical (unpaired) electrons. The zero-order valence-electron chi connectivity index (χ0n) is 20.2. The molecule has 0 aliphatic carbocycles. The fourth-order valence-corrected chi connectivity index (χ4v) is 6.22. The number of nitrogens with zero attached hydrogens (tertiary/aromatic N) is 2. The minimum atomic E-state index is -4.03. The number of carbonyl (C=O) groups excluding carboxylic acids is 1. The Morgan fingerprint density at radius 2 is 1.72 bits per heavy atom. The van der Waals surface area contributed by atoms with Crippen LogP contribution in [0.3, 0.4) is 0 Å². The predicted octanol–water partition coefficient (Wildman–Crippen LogP) is 4.62. The van der Waals surface area contributed by atoms with Crippen molar-refractivity contribution in [3.63, 3.8) is 0 Å². The van der Waals surface area contributed by atoms with Crippen molar-refractivity contribution in [1.82, 2.24) is 4.57 Å². The molecule has 0 unspecified atom stereocenters. The first kappa shape index (κ1) is 25.5. The van der Waals surface area contributed by atoms with E-state index in [0.29, 0.717) is 30.3 Å². The highest BCUT2D eigenvalue weighted by Crippen LogP contribution is 2.27. The van der Waals surface area contributed by atoms with Crippen LogP contribution in [0.1, 0.15) is 19.4 Å². The molecule has 4 aromatic rings. The van der Waals surface area contributed by atoms with E-state index >= 15 is 0 Å². The summed E-state index contributed by atoms with van der Waals surface area (Å²) < 4.78 is 36.1. The lowest BCUT2D eigenvalue weighted by Crippen LogP contribution is -2.38. The Kier molecular flexibility index (Phi) is 7.46. The molecule has 8 nitrogen and oxygen atoms in total. The summed E-state index contributed by atoms with van der Waals surface area (Å²) in [5.41, 5.74) is 2.54. The number of carbonyl (C=O) groups is 1. The first-order valence-corrected chi connectivity index (χ1v) is 13.7. The molecule has 0 saturated heterocycles. The lowest BCUT2D eigenvalue weighted by Gasteiger charge is -2.24. The van der Waals surface area contributed by atoms with Crippen molar-refractivity contribution < 1.29 is 17.9 Å². The summed E-state index contributed by atoms with van der Waals surface area (Å²) in [7, 11) is -4.03. The molecule has 0 bridgehead atoms. The van der Waals surface area contributed by atoms with Crippen LogP contribution >= 0.6 is 11.3 Å². The highest BCUT2D eigenvalue weighted by Gasteiger charge is 2.27.